The number of amides is 3. The van der Waals surface area contributed by atoms with Crippen molar-refractivity contribution in [2.45, 2.75) is 38.9 Å². The molecule has 2 aromatic carbocycles. The van der Waals surface area contributed by atoms with Crippen LogP contribution in [0.4, 0.5) is 4.79 Å². The maximum absolute atomic E-state index is 12.9. The first-order valence-corrected chi connectivity index (χ1v) is 8.84. The summed E-state index contributed by atoms with van der Waals surface area (Å²) in [6.45, 7) is 3.58. The van der Waals surface area contributed by atoms with Crippen LogP contribution in [0.1, 0.15) is 23.6 Å². The molecule has 27 heavy (non-hydrogen) atoms. The number of urea groups is 1. The second-order valence-electron chi connectivity index (χ2n) is 6.82. The topological polar surface area (TPSA) is 77.9 Å². The van der Waals surface area contributed by atoms with Crippen molar-refractivity contribution in [3.8, 4) is 0 Å². The normalized spacial score (nSPS) is 18.1. The summed E-state index contributed by atoms with van der Waals surface area (Å²) < 4.78 is 0. The fourth-order valence-electron chi connectivity index (χ4n) is 3.23. The number of carboxylic acid groups (broad SMARTS) is 1. The average Bonchev–Trinajstić information content (AvgIpc) is 2.87. The largest absolute Gasteiger partial charge is 0.480 e. The van der Waals surface area contributed by atoms with Crippen LogP contribution in [-0.4, -0.2) is 44.9 Å². The number of hydrogen-bond acceptors (Lipinski definition) is 3. The van der Waals surface area contributed by atoms with Gasteiger partial charge in [0.1, 0.15) is 12.1 Å². The lowest BCUT2D eigenvalue weighted by atomic mass is 10.0. The van der Waals surface area contributed by atoms with Gasteiger partial charge in [-0.3, -0.25) is 4.79 Å². The number of aliphatic carboxylic acids is 1. The number of carboxylic acids is 1. The zero-order chi connectivity index (χ0) is 19.6. The Bertz CT molecular complexity index is 848. The van der Waals surface area contributed by atoms with E-state index in [-0.39, 0.29) is 6.54 Å². The van der Waals surface area contributed by atoms with E-state index in [1.807, 2.05) is 61.5 Å². The molecule has 2 atom stereocenters. The maximum atomic E-state index is 12.9. The van der Waals surface area contributed by atoms with Gasteiger partial charge in [0.2, 0.25) is 0 Å². The molecule has 0 bridgehead atoms. The first-order valence-electron chi connectivity index (χ1n) is 8.84. The molecule has 0 radical (unpaired) electrons. The van der Waals surface area contributed by atoms with Gasteiger partial charge in [-0.2, -0.15) is 0 Å². The van der Waals surface area contributed by atoms with Gasteiger partial charge < -0.3 is 10.0 Å². The van der Waals surface area contributed by atoms with E-state index in [0.717, 1.165) is 21.6 Å². The van der Waals surface area contributed by atoms with E-state index in [0.29, 0.717) is 6.42 Å². The summed E-state index contributed by atoms with van der Waals surface area (Å²) in [4.78, 5) is 39.5. The molecule has 6 heteroatoms. The molecule has 1 heterocycles. The minimum absolute atomic E-state index is 0.255. The lowest BCUT2D eigenvalue weighted by Crippen LogP contribution is -2.44. The Labute approximate surface area is 158 Å². The molecule has 1 N–H and O–H groups in total. The molecular formula is C21H22N2O4. The number of carbonyl (C=O) groups is 3. The predicted molar refractivity (Wildman–Crippen MR) is 100.0 cm³/mol. The smallest absolute Gasteiger partial charge is 0.328 e. The summed E-state index contributed by atoms with van der Waals surface area (Å²) >= 11 is 0. The summed E-state index contributed by atoms with van der Waals surface area (Å²) in [7, 11) is 0. The fraction of sp³-hybridized carbons (Fsp3) is 0.286. The SMILES string of the molecule is Cc1ccc(CN2C(=O)N(C(C)C(=O)O)C(=O)C2Cc2ccccc2)cc1. The van der Waals surface area contributed by atoms with Gasteiger partial charge in [-0.15, -0.1) is 0 Å². The van der Waals surface area contributed by atoms with Crippen LogP contribution in [0.15, 0.2) is 54.6 Å². The third-order valence-electron chi connectivity index (χ3n) is 4.84. The van der Waals surface area contributed by atoms with Crippen molar-refractivity contribution >= 4 is 17.9 Å². The molecule has 0 spiro atoms. The second kappa shape index (κ2) is 7.61. The van der Waals surface area contributed by atoms with Crippen LogP contribution in [0.5, 0.6) is 0 Å². The quantitative estimate of drug-likeness (QED) is 0.798. The van der Waals surface area contributed by atoms with Crippen LogP contribution in [0.3, 0.4) is 0 Å². The van der Waals surface area contributed by atoms with Crippen molar-refractivity contribution in [1.29, 1.82) is 0 Å². The van der Waals surface area contributed by atoms with E-state index >= 15 is 0 Å². The van der Waals surface area contributed by atoms with Gasteiger partial charge in [-0.25, -0.2) is 14.5 Å². The summed E-state index contributed by atoms with van der Waals surface area (Å²) in [6, 6.07) is 14.7. The van der Waals surface area contributed by atoms with Crippen molar-refractivity contribution in [1.82, 2.24) is 9.80 Å². The van der Waals surface area contributed by atoms with Crippen LogP contribution in [-0.2, 0) is 22.6 Å². The first-order chi connectivity index (χ1) is 12.9. The Morgan fingerprint density at radius 3 is 2.26 bits per heavy atom. The standard InChI is InChI=1S/C21H22N2O4/c1-14-8-10-17(11-9-14)13-22-18(12-16-6-4-3-5-7-16)19(24)23(21(22)27)15(2)20(25)26/h3-11,15,18H,12-13H2,1-2H3,(H,25,26). The van der Waals surface area contributed by atoms with Gasteiger partial charge in [0.05, 0.1) is 0 Å². The number of imide groups is 1. The maximum Gasteiger partial charge on any atom is 0.328 e. The number of carbonyl (C=O) groups excluding carboxylic acids is 2. The van der Waals surface area contributed by atoms with Crippen LogP contribution in [0.2, 0.25) is 0 Å². The molecule has 2 unspecified atom stereocenters. The number of aryl methyl sites for hydroxylation is 1. The van der Waals surface area contributed by atoms with Gasteiger partial charge in [0.15, 0.2) is 0 Å². The van der Waals surface area contributed by atoms with Crippen molar-refractivity contribution in [3.05, 3.63) is 71.3 Å². The summed E-state index contributed by atoms with van der Waals surface area (Å²) in [5.41, 5.74) is 2.91. The fourth-order valence-corrected chi connectivity index (χ4v) is 3.23. The number of nitrogens with zero attached hydrogens (tertiary/aromatic N) is 2. The van der Waals surface area contributed by atoms with E-state index in [9.17, 15) is 19.5 Å². The lowest BCUT2D eigenvalue weighted by molar-refractivity contribution is -0.146. The molecule has 2 aromatic rings. The molecule has 1 saturated heterocycles. The van der Waals surface area contributed by atoms with Gasteiger partial charge >= 0.3 is 12.0 Å². The van der Waals surface area contributed by atoms with Crippen molar-refractivity contribution in [2.24, 2.45) is 0 Å². The highest BCUT2D eigenvalue weighted by Crippen LogP contribution is 2.25. The van der Waals surface area contributed by atoms with Crippen LogP contribution < -0.4 is 0 Å². The van der Waals surface area contributed by atoms with E-state index in [1.54, 1.807) is 0 Å². The highest BCUT2D eigenvalue weighted by Gasteiger charge is 2.48. The molecule has 0 saturated carbocycles. The van der Waals surface area contributed by atoms with E-state index < -0.39 is 30.0 Å². The second-order valence-corrected chi connectivity index (χ2v) is 6.82. The zero-order valence-corrected chi connectivity index (χ0v) is 15.3. The lowest BCUT2D eigenvalue weighted by Gasteiger charge is -2.22. The Morgan fingerprint density at radius 1 is 1.04 bits per heavy atom. The van der Waals surface area contributed by atoms with Crippen molar-refractivity contribution < 1.29 is 19.5 Å². The minimum Gasteiger partial charge on any atom is -0.480 e. The highest BCUT2D eigenvalue weighted by molar-refractivity contribution is 6.06. The highest BCUT2D eigenvalue weighted by atomic mass is 16.4. The minimum atomic E-state index is -1.20. The van der Waals surface area contributed by atoms with Crippen LogP contribution in [0.25, 0.3) is 0 Å². The number of benzene rings is 2. The summed E-state index contributed by atoms with van der Waals surface area (Å²) in [5.74, 6) is -1.67. The molecule has 1 fully saturated rings. The summed E-state index contributed by atoms with van der Waals surface area (Å²) in [6.07, 6.45) is 0.347. The van der Waals surface area contributed by atoms with Crippen molar-refractivity contribution in [3.63, 3.8) is 0 Å². The number of rotatable bonds is 6. The van der Waals surface area contributed by atoms with Crippen LogP contribution >= 0.6 is 0 Å². The molecule has 0 aliphatic carbocycles. The van der Waals surface area contributed by atoms with Crippen molar-refractivity contribution in [2.75, 3.05) is 0 Å². The number of hydrogen-bond donors (Lipinski definition) is 1. The molecule has 3 rings (SSSR count). The first kappa shape index (κ1) is 18.6. The molecule has 140 valence electrons. The third kappa shape index (κ3) is 3.84. The van der Waals surface area contributed by atoms with Crippen LogP contribution in [0, 0.1) is 6.92 Å². The zero-order valence-electron chi connectivity index (χ0n) is 15.3. The summed E-state index contributed by atoms with van der Waals surface area (Å²) in [5, 5.41) is 9.30. The molecule has 0 aromatic heterocycles. The Balaban J connectivity index is 1.92. The Morgan fingerprint density at radius 2 is 1.67 bits per heavy atom. The molecular weight excluding hydrogens is 344 g/mol. The van der Waals surface area contributed by atoms with Gasteiger partial charge in [-0.05, 0) is 25.0 Å². The molecule has 6 nitrogen and oxygen atoms in total. The van der Waals surface area contributed by atoms with E-state index in [2.05, 4.69) is 0 Å². The Hall–Kier alpha value is -3.15. The molecule has 1 aliphatic rings. The predicted octanol–water partition coefficient (Wildman–Crippen LogP) is 2.84. The average molecular weight is 366 g/mol. The van der Waals surface area contributed by atoms with Gasteiger partial charge in [0.25, 0.3) is 5.91 Å². The molecule has 3 amide bonds. The van der Waals surface area contributed by atoms with Gasteiger partial charge in [-0.1, -0.05) is 60.2 Å². The third-order valence-corrected chi connectivity index (χ3v) is 4.84. The van der Waals surface area contributed by atoms with E-state index in [1.165, 1.54) is 11.8 Å². The van der Waals surface area contributed by atoms with E-state index in [4.69, 9.17) is 0 Å². The molecule has 1 aliphatic heterocycles. The van der Waals surface area contributed by atoms with Gasteiger partial charge in [0, 0.05) is 13.0 Å². The monoisotopic (exact) mass is 366 g/mol. The Kier molecular flexibility index (Phi) is 5.26.